The fourth-order valence-corrected chi connectivity index (χ4v) is 3.30. The van der Waals surface area contributed by atoms with Gasteiger partial charge < -0.3 is 31.9 Å². The topological polar surface area (TPSA) is 188 Å². The summed E-state index contributed by atoms with van der Waals surface area (Å²) in [5, 5.41) is 25.4. The van der Waals surface area contributed by atoms with E-state index in [-0.39, 0.29) is 24.5 Å². The highest BCUT2D eigenvalue weighted by molar-refractivity contribution is 7.80. The van der Waals surface area contributed by atoms with Crippen molar-refractivity contribution in [2.24, 2.45) is 11.7 Å². The lowest BCUT2D eigenvalue weighted by molar-refractivity contribution is -0.141. The molecule has 4 atom stereocenters. The number of hydrogen-bond donors (Lipinski definition) is 7. The highest BCUT2D eigenvalue weighted by Crippen LogP contribution is 2.09. The predicted octanol–water partition coefficient (Wildman–Crippen LogP) is -0.454. The summed E-state index contributed by atoms with van der Waals surface area (Å²) in [5.41, 5.74) is 6.33. The first-order valence-electron chi connectivity index (χ1n) is 10.7. The molecule has 7 N–H and O–H groups in total. The number of carbonyl (C=O) groups is 5. The van der Waals surface area contributed by atoms with Gasteiger partial charge in [0.05, 0.1) is 12.5 Å². The third-order valence-corrected chi connectivity index (χ3v) is 5.15. The van der Waals surface area contributed by atoms with Crippen LogP contribution in [0.2, 0.25) is 0 Å². The molecule has 0 aromatic heterocycles. The van der Waals surface area contributed by atoms with Crippen molar-refractivity contribution in [1.82, 2.24) is 16.0 Å². The van der Waals surface area contributed by atoms with Crippen molar-refractivity contribution in [3.63, 3.8) is 0 Å². The number of rotatable bonds is 14. The van der Waals surface area contributed by atoms with E-state index in [1.165, 1.54) is 0 Å². The second-order valence-corrected chi connectivity index (χ2v) is 8.59. The first-order valence-corrected chi connectivity index (χ1v) is 11.3. The average molecular weight is 497 g/mol. The van der Waals surface area contributed by atoms with Crippen LogP contribution in [-0.2, 0) is 30.4 Å². The summed E-state index contributed by atoms with van der Waals surface area (Å²) >= 11 is 3.92. The van der Waals surface area contributed by atoms with Gasteiger partial charge >= 0.3 is 11.9 Å². The van der Waals surface area contributed by atoms with Crippen molar-refractivity contribution < 1.29 is 34.2 Å². The largest absolute Gasteiger partial charge is 0.481 e. The van der Waals surface area contributed by atoms with Gasteiger partial charge in [0.1, 0.15) is 18.1 Å². The van der Waals surface area contributed by atoms with Crippen LogP contribution in [0.15, 0.2) is 30.3 Å². The van der Waals surface area contributed by atoms with Crippen LogP contribution >= 0.6 is 12.6 Å². The molecule has 3 amide bonds. The molecule has 1 rings (SSSR count). The van der Waals surface area contributed by atoms with E-state index in [4.69, 9.17) is 10.8 Å². The zero-order valence-corrected chi connectivity index (χ0v) is 20.0. The lowest BCUT2D eigenvalue weighted by Crippen LogP contribution is -2.58. The van der Waals surface area contributed by atoms with Gasteiger partial charge in [-0.2, -0.15) is 12.6 Å². The van der Waals surface area contributed by atoms with Crippen LogP contribution in [0, 0.1) is 5.92 Å². The summed E-state index contributed by atoms with van der Waals surface area (Å²) < 4.78 is 0. The number of thiol groups is 1. The highest BCUT2D eigenvalue weighted by atomic mass is 32.1. The summed E-state index contributed by atoms with van der Waals surface area (Å²) in [6.07, 6.45) is -0.353. The lowest BCUT2D eigenvalue weighted by Gasteiger charge is -2.26. The van der Waals surface area contributed by atoms with E-state index >= 15 is 0 Å². The van der Waals surface area contributed by atoms with Gasteiger partial charge in [-0.25, -0.2) is 4.79 Å². The van der Waals surface area contributed by atoms with Gasteiger partial charge in [0.25, 0.3) is 0 Å². The molecule has 0 fully saturated rings. The molecule has 0 saturated carbocycles. The lowest BCUT2D eigenvalue weighted by atomic mass is 10.0. The molecule has 188 valence electrons. The SMILES string of the molecule is CC(C)CC(NC(=O)C(Cc1ccccc1)NC(=O)C(N)CC(=O)O)C(=O)NC(CS)C(=O)O. The molecule has 0 aliphatic rings. The molecule has 0 saturated heterocycles. The Balaban J connectivity index is 3.08. The Morgan fingerprint density at radius 3 is 1.91 bits per heavy atom. The molecule has 11 nitrogen and oxygen atoms in total. The van der Waals surface area contributed by atoms with Crippen molar-refractivity contribution in [1.29, 1.82) is 0 Å². The van der Waals surface area contributed by atoms with E-state index in [0.717, 1.165) is 0 Å². The molecule has 0 aliphatic heterocycles. The van der Waals surface area contributed by atoms with Gasteiger partial charge in [0.15, 0.2) is 0 Å². The van der Waals surface area contributed by atoms with Crippen molar-refractivity contribution in [2.75, 3.05) is 5.75 Å². The highest BCUT2D eigenvalue weighted by Gasteiger charge is 2.31. The quantitative estimate of drug-likeness (QED) is 0.169. The first-order chi connectivity index (χ1) is 15.9. The molecule has 0 heterocycles. The maximum Gasteiger partial charge on any atom is 0.327 e. The molecule has 1 aromatic rings. The summed E-state index contributed by atoms with van der Waals surface area (Å²) in [5.74, 6) is -4.92. The number of benzene rings is 1. The standard InChI is InChI=1S/C22H32N4O7S/c1-12(2)8-15(20(30)26-17(11-34)22(32)33)25-21(31)16(9-13-6-4-3-5-7-13)24-19(29)14(23)10-18(27)28/h3-7,12,14-17,34H,8-11,23H2,1-2H3,(H,24,29)(H,25,31)(H,26,30)(H,27,28)(H,32,33). The minimum absolute atomic E-state index is 0.0264. The Kier molecular flexibility index (Phi) is 12.1. The number of carboxylic acid groups (broad SMARTS) is 2. The number of nitrogens with two attached hydrogens (primary N) is 1. The van der Waals surface area contributed by atoms with E-state index in [1.54, 1.807) is 30.3 Å². The minimum Gasteiger partial charge on any atom is -0.481 e. The summed E-state index contributed by atoms with van der Waals surface area (Å²) in [7, 11) is 0. The van der Waals surface area contributed by atoms with E-state index in [2.05, 4.69) is 28.6 Å². The maximum absolute atomic E-state index is 13.1. The van der Waals surface area contributed by atoms with Gasteiger partial charge in [0, 0.05) is 12.2 Å². The van der Waals surface area contributed by atoms with Gasteiger partial charge in [-0.05, 0) is 17.9 Å². The summed E-state index contributed by atoms with van der Waals surface area (Å²) in [4.78, 5) is 60.4. The van der Waals surface area contributed by atoms with Gasteiger partial charge in [-0.1, -0.05) is 44.2 Å². The van der Waals surface area contributed by atoms with Crippen LogP contribution < -0.4 is 21.7 Å². The second kappa shape index (κ2) is 14.2. The number of amides is 3. The van der Waals surface area contributed by atoms with Gasteiger partial charge in [-0.3, -0.25) is 19.2 Å². The van der Waals surface area contributed by atoms with Crippen molar-refractivity contribution in [3.05, 3.63) is 35.9 Å². The van der Waals surface area contributed by atoms with Crippen LogP contribution in [0.3, 0.4) is 0 Å². The smallest absolute Gasteiger partial charge is 0.327 e. The fraction of sp³-hybridized carbons (Fsp3) is 0.500. The number of carboxylic acids is 2. The third kappa shape index (κ3) is 10.2. The van der Waals surface area contributed by atoms with Crippen molar-refractivity contribution in [2.45, 2.75) is 57.3 Å². The van der Waals surface area contributed by atoms with E-state index in [0.29, 0.717) is 5.56 Å². The average Bonchev–Trinajstić information content (AvgIpc) is 2.75. The first kappa shape index (κ1) is 28.9. The van der Waals surface area contributed by atoms with Crippen LogP contribution in [-0.4, -0.2) is 69.8 Å². The molecular formula is C22H32N4O7S. The molecular weight excluding hydrogens is 464 g/mol. The summed E-state index contributed by atoms with van der Waals surface area (Å²) in [6, 6.07) is 3.93. The number of hydrogen-bond acceptors (Lipinski definition) is 7. The number of carbonyl (C=O) groups excluding carboxylic acids is 3. The fourth-order valence-electron chi connectivity index (χ4n) is 3.05. The van der Waals surface area contributed by atoms with Crippen LogP contribution in [0.4, 0.5) is 0 Å². The Morgan fingerprint density at radius 2 is 1.41 bits per heavy atom. The Morgan fingerprint density at radius 1 is 0.882 bits per heavy atom. The predicted molar refractivity (Wildman–Crippen MR) is 127 cm³/mol. The number of aliphatic carboxylic acids is 2. The third-order valence-electron chi connectivity index (χ3n) is 4.78. The van der Waals surface area contributed by atoms with E-state index < -0.39 is 60.2 Å². The Labute approximate surface area is 203 Å². The Hall–Kier alpha value is -3.12. The molecule has 0 bridgehead atoms. The van der Waals surface area contributed by atoms with Crippen LogP contribution in [0.25, 0.3) is 0 Å². The van der Waals surface area contributed by atoms with Crippen molar-refractivity contribution in [3.8, 4) is 0 Å². The monoisotopic (exact) mass is 496 g/mol. The number of nitrogens with one attached hydrogen (secondary N) is 3. The van der Waals surface area contributed by atoms with Gasteiger partial charge in [0.2, 0.25) is 17.7 Å². The Bertz CT molecular complexity index is 866. The van der Waals surface area contributed by atoms with Crippen LogP contribution in [0.5, 0.6) is 0 Å². The van der Waals surface area contributed by atoms with Gasteiger partial charge in [-0.15, -0.1) is 0 Å². The van der Waals surface area contributed by atoms with Crippen molar-refractivity contribution >= 4 is 42.3 Å². The molecule has 34 heavy (non-hydrogen) atoms. The molecule has 1 aromatic carbocycles. The maximum atomic E-state index is 13.1. The molecule has 4 unspecified atom stereocenters. The van der Waals surface area contributed by atoms with E-state index in [1.807, 2.05) is 13.8 Å². The molecule has 0 spiro atoms. The molecule has 0 radical (unpaired) electrons. The zero-order chi connectivity index (χ0) is 25.8. The second-order valence-electron chi connectivity index (χ2n) is 8.23. The summed E-state index contributed by atoms with van der Waals surface area (Å²) in [6.45, 7) is 3.65. The molecule has 0 aliphatic carbocycles. The minimum atomic E-state index is -1.37. The molecule has 12 heteroatoms. The normalized spacial score (nSPS) is 14.4. The van der Waals surface area contributed by atoms with E-state index in [9.17, 15) is 29.1 Å². The van der Waals surface area contributed by atoms with Crippen LogP contribution in [0.1, 0.15) is 32.3 Å². The zero-order valence-electron chi connectivity index (χ0n) is 19.1.